The van der Waals surface area contributed by atoms with E-state index in [2.05, 4.69) is 0 Å². The van der Waals surface area contributed by atoms with E-state index in [4.69, 9.17) is 5.73 Å². The van der Waals surface area contributed by atoms with Crippen molar-refractivity contribution in [2.45, 2.75) is 51.0 Å². The minimum Gasteiger partial charge on any atom is -0.327 e. The van der Waals surface area contributed by atoms with Crippen molar-refractivity contribution >= 4 is 0 Å². The predicted molar refractivity (Wildman–Crippen MR) is 54.3 cm³/mol. The molecule has 3 aliphatic carbocycles. The van der Waals surface area contributed by atoms with Crippen molar-refractivity contribution in [2.24, 2.45) is 29.4 Å². The standard InChI is InChI=1S/C12H21N/c13-12-10-5-1-3-8(10)7-9-4-2-6-11(9)12/h8-12H,1-7,13H2. The first-order chi connectivity index (χ1) is 6.36. The van der Waals surface area contributed by atoms with Gasteiger partial charge in [0.1, 0.15) is 0 Å². The molecule has 0 heterocycles. The molecule has 3 fully saturated rings. The highest BCUT2D eigenvalue weighted by Crippen LogP contribution is 2.51. The summed E-state index contributed by atoms with van der Waals surface area (Å²) in [5.74, 6) is 3.88. The van der Waals surface area contributed by atoms with Gasteiger partial charge in [0.25, 0.3) is 0 Å². The summed E-state index contributed by atoms with van der Waals surface area (Å²) in [5, 5.41) is 0. The van der Waals surface area contributed by atoms with Crippen molar-refractivity contribution in [3.8, 4) is 0 Å². The van der Waals surface area contributed by atoms with E-state index >= 15 is 0 Å². The minimum atomic E-state index is 0.578. The highest BCUT2D eigenvalue weighted by molar-refractivity contribution is 4.99. The van der Waals surface area contributed by atoms with Crippen molar-refractivity contribution in [1.29, 1.82) is 0 Å². The second-order valence-corrected chi connectivity index (χ2v) is 5.52. The van der Waals surface area contributed by atoms with Crippen LogP contribution in [0.5, 0.6) is 0 Å². The molecule has 1 nitrogen and oxygen atoms in total. The van der Waals surface area contributed by atoms with Gasteiger partial charge in [0, 0.05) is 6.04 Å². The van der Waals surface area contributed by atoms with Gasteiger partial charge in [-0.2, -0.15) is 0 Å². The minimum absolute atomic E-state index is 0.578. The first-order valence-electron chi connectivity index (χ1n) is 6.12. The van der Waals surface area contributed by atoms with E-state index in [1.165, 1.54) is 44.9 Å². The van der Waals surface area contributed by atoms with Gasteiger partial charge in [-0.05, 0) is 42.9 Å². The Morgan fingerprint density at radius 1 is 0.769 bits per heavy atom. The van der Waals surface area contributed by atoms with Gasteiger partial charge in [-0.3, -0.25) is 0 Å². The fraction of sp³-hybridized carbons (Fsp3) is 1.00. The third-order valence-electron chi connectivity index (χ3n) is 5.03. The van der Waals surface area contributed by atoms with E-state index in [9.17, 15) is 0 Å². The fourth-order valence-corrected chi connectivity index (χ4v) is 4.44. The molecule has 0 aromatic rings. The molecule has 3 rings (SSSR count). The van der Waals surface area contributed by atoms with E-state index < -0.39 is 0 Å². The molecule has 2 N–H and O–H groups in total. The molecule has 4 atom stereocenters. The Balaban J connectivity index is 1.82. The maximum absolute atomic E-state index is 6.41. The molecular weight excluding hydrogens is 158 g/mol. The Morgan fingerprint density at radius 3 is 1.85 bits per heavy atom. The first-order valence-corrected chi connectivity index (χ1v) is 6.12. The molecule has 0 amide bonds. The van der Waals surface area contributed by atoms with E-state index in [-0.39, 0.29) is 0 Å². The van der Waals surface area contributed by atoms with Crippen LogP contribution < -0.4 is 5.73 Å². The number of fused-ring (bicyclic) bond motifs is 2. The largest absolute Gasteiger partial charge is 0.327 e. The molecule has 1 heteroatoms. The highest BCUT2D eigenvalue weighted by atomic mass is 14.7. The van der Waals surface area contributed by atoms with Crippen molar-refractivity contribution in [1.82, 2.24) is 0 Å². The van der Waals surface area contributed by atoms with Crippen LogP contribution in [0, 0.1) is 23.7 Å². The molecule has 4 unspecified atom stereocenters. The van der Waals surface area contributed by atoms with Crippen molar-refractivity contribution in [2.75, 3.05) is 0 Å². The summed E-state index contributed by atoms with van der Waals surface area (Å²) in [7, 11) is 0. The fourth-order valence-electron chi connectivity index (χ4n) is 4.44. The van der Waals surface area contributed by atoms with E-state index in [1.807, 2.05) is 0 Å². The summed E-state index contributed by atoms with van der Waals surface area (Å²) in [6, 6.07) is 0.578. The molecule has 0 aromatic heterocycles. The number of hydrogen-bond acceptors (Lipinski definition) is 1. The van der Waals surface area contributed by atoms with Gasteiger partial charge in [0.2, 0.25) is 0 Å². The number of hydrogen-bond donors (Lipinski definition) is 1. The summed E-state index contributed by atoms with van der Waals surface area (Å²) in [5.41, 5.74) is 6.41. The van der Waals surface area contributed by atoms with Crippen LogP contribution in [0.1, 0.15) is 44.9 Å². The van der Waals surface area contributed by atoms with Gasteiger partial charge >= 0.3 is 0 Å². The lowest BCUT2D eigenvalue weighted by molar-refractivity contribution is 0.125. The Bertz CT molecular complexity index is 181. The van der Waals surface area contributed by atoms with Crippen LogP contribution in [0.2, 0.25) is 0 Å². The summed E-state index contributed by atoms with van der Waals surface area (Å²) in [4.78, 5) is 0. The lowest BCUT2D eigenvalue weighted by atomic mass is 9.68. The van der Waals surface area contributed by atoms with Gasteiger partial charge in [-0.15, -0.1) is 0 Å². The zero-order chi connectivity index (χ0) is 8.84. The lowest BCUT2D eigenvalue weighted by Gasteiger charge is -2.40. The van der Waals surface area contributed by atoms with Gasteiger partial charge in [-0.1, -0.05) is 25.7 Å². The average molecular weight is 179 g/mol. The molecule has 0 radical (unpaired) electrons. The van der Waals surface area contributed by atoms with Crippen LogP contribution >= 0.6 is 0 Å². The summed E-state index contributed by atoms with van der Waals surface area (Å²) in [6.07, 6.45) is 10.3. The summed E-state index contributed by atoms with van der Waals surface area (Å²) in [6.45, 7) is 0. The Morgan fingerprint density at radius 2 is 1.31 bits per heavy atom. The van der Waals surface area contributed by atoms with Crippen LogP contribution in [0.4, 0.5) is 0 Å². The topological polar surface area (TPSA) is 26.0 Å². The second kappa shape index (κ2) is 2.98. The highest BCUT2D eigenvalue weighted by Gasteiger charge is 2.45. The Labute approximate surface area is 81.1 Å². The molecular formula is C12H21N. The second-order valence-electron chi connectivity index (χ2n) is 5.52. The van der Waals surface area contributed by atoms with Crippen LogP contribution in [0.15, 0.2) is 0 Å². The van der Waals surface area contributed by atoms with Crippen LogP contribution in [-0.4, -0.2) is 6.04 Å². The maximum Gasteiger partial charge on any atom is 0.0101 e. The number of rotatable bonds is 0. The maximum atomic E-state index is 6.41. The predicted octanol–water partition coefficient (Wildman–Crippen LogP) is 2.55. The Hall–Kier alpha value is -0.0400. The van der Waals surface area contributed by atoms with E-state index in [0.717, 1.165) is 23.7 Å². The Kier molecular flexibility index (Phi) is 1.90. The zero-order valence-corrected chi connectivity index (χ0v) is 8.41. The van der Waals surface area contributed by atoms with E-state index in [1.54, 1.807) is 0 Å². The molecule has 3 saturated carbocycles. The SMILES string of the molecule is NC1C2CCCC2CC2CCCC21. The van der Waals surface area contributed by atoms with Crippen LogP contribution in [0.3, 0.4) is 0 Å². The molecule has 13 heavy (non-hydrogen) atoms. The van der Waals surface area contributed by atoms with Gasteiger partial charge in [0.05, 0.1) is 0 Å². The van der Waals surface area contributed by atoms with Crippen molar-refractivity contribution < 1.29 is 0 Å². The summed E-state index contributed by atoms with van der Waals surface area (Å²) < 4.78 is 0. The summed E-state index contributed by atoms with van der Waals surface area (Å²) >= 11 is 0. The molecule has 0 saturated heterocycles. The van der Waals surface area contributed by atoms with Gasteiger partial charge in [-0.25, -0.2) is 0 Å². The average Bonchev–Trinajstić information content (AvgIpc) is 2.71. The van der Waals surface area contributed by atoms with Crippen molar-refractivity contribution in [3.05, 3.63) is 0 Å². The van der Waals surface area contributed by atoms with Crippen molar-refractivity contribution in [3.63, 3.8) is 0 Å². The first kappa shape index (κ1) is 8.28. The molecule has 3 aliphatic rings. The molecule has 0 spiro atoms. The lowest BCUT2D eigenvalue weighted by Crippen LogP contribution is -2.45. The smallest absolute Gasteiger partial charge is 0.0101 e. The molecule has 0 bridgehead atoms. The van der Waals surface area contributed by atoms with Gasteiger partial charge < -0.3 is 5.73 Å². The molecule has 0 aliphatic heterocycles. The third kappa shape index (κ3) is 1.16. The van der Waals surface area contributed by atoms with Crippen LogP contribution in [0.25, 0.3) is 0 Å². The van der Waals surface area contributed by atoms with Crippen LogP contribution in [-0.2, 0) is 0 Å². The molecule has 74 valence electrons. The normalized spacial score (nSPS) is 54.7. The van der Waals surface area contributed by atoms with Gasteiger partial charge in [0.15, 0.2) is 0 Å². The number of nitrogens with two attached hydrogens (primary N) is 1. The zero-order valence-electron chi connectivity index (χ0n) is 8.41. The quantitative estimate of drug-likeness (QED) is 0.607. The monoisotopic (exact) mass is 179 g/mol. The van der Waals surface area contributed by atoms with E-state index in [0.29, 0.717) is 6.04 Å². The third-order valence-corrected chi connectivity index (χ3v) is 5.03. The molecule has 0 aromatic carbocycles.